The highest BCUT2D eigenvalue weighted by atomic mass is 16.4. The minimum atomic E-state index is 0.115. The summed E-state index contributed by atoms with van der Waals surface area (Å²) in [5.74, 6) is 2.39. The van der Waals surface area contributed by atoms with Gasteiger partial charge < -0.3 is 10.3 Å². The summed E-state index contributed by atoms with van der Waals surface area (Å²) in [7, 11) is 0. The Hall–Kier alpha value is -1.51. The fourth-order valence-corrected chi connectivity index (χ4v) is 5.52. The lowest BCUT2D eigenvalue weighted by Crippen LogP contribution is -2.42. The Morgan fingerprint density at radius 3 is 2.86 bits per heavy atom. The summed E-state index contributed by atoms with van der Waals surface area (Å²) >= 11 is 0. The molecule has 3 aliphatic rings. The molecule has 0 aliphatic heterocycles. The number of benzene rings is 1. The number of phenolic OH excluding ortho intramolecular Hbond substituents is 1. The molecule has 0 radical (unpaired) electrons. The molecule has 1 aromatic carbocycles. The van der Waals surface area contributed by atoms with Gasteiger partial charge in [0.1, 0.15) is 5.75 Å². The van der Waals surface area contributed by atoms with Crippen LogP contribution in [0.4, 0.5) is 0 Å². The zero-order valence-electron chi connectivity index (χ0n) is 12.5. The average Bonchev–Trinajstić information content (AvgIpc) is 2.83. The number of hydrogen-bond donors (Lipinski definition) is 2. The molecule has 112 valence electrons. The lowest BCUT2D eigenvalue weighted by molar-refractivity contribution is 0.0938. The molecule has 0 aromatic heterocycles. The van der Waals surface area contributed by atoms with Crippen LogP contribution < -0.4 is 0 Å². The molecular formula is C18H23NO2. The van der Waals surface area contributed by atoms with E-state index < -0.39 is 0 Å². The number of aromatic hydroxyl groups is 1. The predicted octanol–water partition coefficient (Wildman–Crippen LogP) is 4.08. The van der Waals surface area contributed by atoms with Crippen LogP contribution in [0.5, 0.6) is 5.75 Å². The van der Waals surface area contributed by atoms with Gasteiger partial charge in [-0.3, -0.25) is 0 Å². The summed E-state index contributed by atoms with van der Waals surface area (Å²) in [6.07, 6.45) is 6.71. The molecular weight excluding hydrogens is 262 g/mol. The Balaban J connectivity index is 1.72. The van der Waals surface area contributed by atoms with Crippen molar-refractivity contribution in [2.45, 2.75) is 51.4 Å². The van der Waals surface area contributed by atoms with Crippen LogP contribution in [-0.4, -0.2) is 16.0 Å². The van der Waals surface area contributed by atoms with E-state index in [2.05, 4.69) is 18.1 Å². The Kier molecular flexibility index (Phi) is 2.82. The van der Waals surface area contributed by atoms with Crippen molar-refractivity contribution in [2.75, 3.05) is 0 Å². The molecule has 0 saturated heterocycles. The van der Waals surface area contributed by atoms with Crippen LogP contribution in [-0.2, 0) is 6.42 Å². The summed E-state index contributed by atoms with van der Waals surface area (Å²) < 4.78 is 0. The minimum Gasteiger partial charge on any atom is -0.508 e. The second-order valence-corrected chi connectivity index (χ2v) is 7.34. The fourth-order valence-electron chi connectivity index (χ4n) is 5.52. The fraction of sp³-hybridized carbons (Fsp3) is 0.611. The molecule has 0 bridgehead atoms. The zero-order valence-corrected chi connectivity index (χ0v) is 12.5. The van der Waals surface area contributed by atoms with Gasteiger partial charge in [0.15, 0.2) is 0 Å². The highest BCUT2D eigenvalue weighted by Gasteiger charge is 2.53. The van der Waals surface area contributed by atoms with E-state index in [0.717, 1.165) is 25.0 Å². The van der Waals surface area contributed by atoms with Gasteiger partial charge in [0, 0.05) is 5.41 Å². The molecule has 21 heavy (non-hydrogen) atoms. The van der Waals surface area contributed by atoms with Gasteiger partial charge in [-0.05, 0) is 79.5 Å². The monoisotopic (exact) mass is 285 g/mol. The van der Waals surface area contributed by atoms with Crippen molar-refractivity contribution < 1.29 is 10.3 Å². The van der Waals surface area contributed by atoms with Gasteiger partial charge in [-0.1, -0.05) is 18.1 Å². The predicted molar refractivity (Wildman–Crippen MR) is 81.9 cm³/mol. The molecule has 3 nitrogen and oxygen atoms in total. The third kappa shape index (κ3) is 1.76. The van der Waals surface area contributed by atoms with Crippen molar-refractivity contribution in [1.82, 2.24) is 0 Å². The molecule has 2 N–H and O–H groups in total. The van der Waals surface area contributed by atoms with E-state index in [-0.39, 0.29) is 5.41 Å². The summed E-state index contributed by atoms with van der Waals surface area (Å²) in [5, 5.41) is 22.6. The molecule has 0 heterocycles. The topological polar surface area (TPSA) is 52.8 Å². The van der Waals surface area contributed by atoms with E-state index in [1.165, 1.54) is 30.4 Å². The van der Waals surface area contributed by atoms with E-state index in [1.54, 1.807) is 0 Å². The molecule has 0 unspecified atom stereocenters. The van der Waals surface area contributed by atoms with Crippen LogP contribution in [0.3, 0.4) is 0 Å². The third-order valence-corrected chi connectivity index (χ3v) is 6.57. The molecule has 2 saturated carbocycles. The molecule has 2 fully saturated rings. The number of nitrogens with zero attached hydrogens (tertiary/aromatic N) is 1. The summed E-state index contributed by atoms with van der Waals surface area (Å²) in [5.41, 5.74) is 3.95. The van der Waals surface area contributed by atoms with Gasteiger partial charge in [0.2, 0.25) is 0 Å². The molecule has 3 aliphatic carbocycles. The maximum Gasteiger partial charge on any atom is 0.115 e. The van der Waals surface area contributed by atoms with E-state index >= 15 is 0 Å². The van der Waals surface area contributed by atoms with Crippen molar-refractivity contribution in [2.24, 2.45) is 22.4 Å². The quantitative estimate of drug-likeness (QED) is 0.557. The van der Waals surface area contributed by atoms with E-state index in [4.69, 9.17) is 0 Å². The Bertz CT molecular complexity index is 609. The van der Waals surface area contributed by atoms with Crippen molar-refractivity contribution in [3.63, 3.8) is 0 Å². The van der Waals surface area contributed by atoms with Gasteiger partial charge in [-0.15, -0.1) is 0 Å². The first-order valence-electron chi connectivity index (χ1n) is 8.16. The summed E-state index contributed by atoms with van der Waals surface area (Å²) in [4.78, 5) is 0. The van der Waals surface area contributed by atoms with Crippen LogP contribution in [0.25, 0.3) is 0 Å². The highest BCUT2D eigenvalue weighted by molar-refractivity contribution is 5.92. The first-order valence-corrected chi connectivity index (χ1v) is 8.16. The van der Waals surface area contributed by atoms with Crippen LogP contribution in [0.15, 0.2) is 23.4 Å². The average molecular weight is 285 g/mol. The van der Waals surface area contributed by atoms with Gasteiger partial charge >= 0.3 is 0 Å². The maximum absolute atomic E-state index is 9.70. The number of fused-ring (bicyclic) bond motifs is 5. The van der Waals surface area contributed by atoms with Gasteiger partial charge in [-0.25, -0.2) is 0 Å². The summed E-state index contributed by atoms with van der Waals surface area (Å²) in [6, 6.07) is 5.93. The van der Waals surface area contributed by atoms with E-state index in [1.807, 2.05) is 12.1 Å². The third-order valence-electron chi connectivity index (χ3n) is 6.57. The maximum atomic E-state index is 9.70. The lowest BCUT2D eigenvalue weighted by Gasteiger charge is -2.48. The molecule has 0 amide bonds. The number of rotatable bonds is 0. The number of hydrogen-bond acceptors (Lipinski definition) is 3. The molecule has 0 spiro atoms. The molecule has 3 heteroatoms. The Labute approximate surface area is 125 Å². The van der Waals surface area contributed by atoms with Gasteiger partial charge in [0.25, 0.3) is 0 Å². The van der Waals surface area contributed by atoms with Crippen molar-refractivity contribution in [1.29, 1.82) is 0 Å². The van der Waals surface area contributed by atoms with Gasteiger partial charge in [-0.2, -0.15) is 0 Å². The van der Waals surface area contributed by atoms with E-state index in [9.17, 15) is 10.3 Å². The molecule has 4 atom stereocenters. The molecule has 4 rings (SSSR count). The second kappa shape index (κ2) is 4.49. The van der Waals surface area contributed by atoms with Crippen LogP contribution in [0.2, 0.25) is 0 Å². The highest BCUT2D eigenvalue weighted by Crippen LogP contribution is 2.59. The SMILES string of the molecule is C[C@]12CC[C@H]3c4ccc(O)cc4CC[C@@H]3[C@@H]1CCC2=NO. The smallest absolute Gasteiger partial charge is 0.115 e. The van der Waals surface area contributed by atoms with Crippen molar-refractivity contribution >= 4 is 5.71 Å². The lowest BCUT2D eigenvalue weighted by atomic mass is 9.55. The number of oxime groups is 1. The van der Waals surface area contributed by atoms with Crippen LogP contribution >= 0.6 is 0 Å². The number of phenols is 1. The Morgan fingerprint density at radius 2 is 2.05 bits per heavy atom. The Morgan fingerprint density at radius 1 is 1.19 bits per heavy atom. The first-order chi connectivity index (χ1) is 10.1. The van der Waals surface area contributed by atoms with Gasteiger partial charge in [0.05, 0.1) is 5.71 Å². The molecule has 1 aromatic rings. The first kappa shape index (κ1) is 13.2. The van der Waals surface area contributed by atoms with Crippen molar-refractivity contribution in [3.8, 4) is 5.75 Å². The number of aryl methyl sites for hydroxylation is 1. The summed E-state index contributed by atoms with van der Waals surface area (Å²) in [6.45, 7) is 2.31. The van der Waals surface area contributed by atoms with Crippen molar-refractivity contribution in [3.05, 3.63) is 29.3 Å². The second-order valence-electron chi connectivity index (χ2n) is 7.34. The standard InChI is InChI=1S/C18H23NO2/c1-18-9-8-14-13-5-3-12(20)10-11(13)2-4-15(14)16(18)6-7-17(18)19-21/h3,5,10,14-16,20-21H,2,4,6-9H2,1H3/t14-,15-,16-,18-/m0/s1. The minimum absolute atomic E-state index is 0.115. The van der Waals surface area contributed by atoms with E-state index in [0.29, 0.717) is 23.5 Å². The van der Waals surface area contributed by atoms with Crippen LogP contribution in [0.1, 0.15) is 56.1 Å². The zero-order chi connectivity index (χ0) is 14.6. The van der Waals surface area contributed by atoms with Crippen LogP contribution in [0, 0.1) is 17.3 Å². The normalized spacial score (nSPS) is 39.7. The largest absolute Gasteiger partial charge is 0.508 e.